The molecule has 1 atom stereocenters. The molecule has 0 aromatic heterocycles. The number of likely N-dealkylation sites (tertiary alicyclic amines) is 1. The first-order chi connectivity index (χ1) is 7.14. The maximum Gasteiger partial charge on any atom is 0.228 e. The van der Waals surface area contributed by atoms with Gasteiger partial charge in [-0.1, -0.05) is 40.0 Å². The van der Waals surface area contributed by atoms with E-state index >= 15 is 0 Å². The van der Waals surface area contributed by atoms with Gasteiger partial charge in [-0.3, -0.25) is 4.79 Å². The van der Waals surface area contributed by atoms with Gasteiger partial charge in [-0.2, -0.15) is 0 Å². The normalized spacial score (nSPS) is 19.5. The van der Waals surface area contributed by atoms with Crippen molar-refractivity contribution >= 4 is 5.91 Å². The van der Waals surface area contributed by atoms with Crippen LogP contribution in [0.3, 0.4) is 0 Å². The molecule has 0 saturated carbocycles. The molecule has 0 N–H and O–H groups in total. The Morgan fingerprint density at radius 2 is 1.87 bits per heavy atom. The summed E-state index contributed by atoms with van der Waals surface area (Å²) in [5.74, 6) is 0.407. The number of nitrogens with zero attached hydrogens (tertiary/aromatic N) is 1. The molecule has 2 nitrogen and oxygen atoms in total. The second-order valence-corrected chi connectivity index (χ2v) is 5.06. The van der Waals surface area contributed by atoms with Crippen molar-refractivity contribution in [2.45, 2.75) is 59.3 Å². The third-order valence-corrected chi connectivity index (χ3v) is 3.54. The fourth-order valence-corrected chi connectivity index (χ4v) is 2.36. The Kier molecular flexibility index (Phi) is 4.62. The van der Waals surface area contributed by atoms with E-state index in [1.54, 1.807) is 0 Å². The molecular weight excluding hydrogens is 186 g/mol. The van der Waals surface area contributed by atoms with Gasteiger partial charge in [0.25, 0.3) is 0 Å². The fraction of sp³-hybridized carbons (Fsp3) is 0.923. The Balaban J connectivity index is 2.56. The highest BCUT2D eigenvalue weighted by Crippen LogP contribution is 2.33. The van der Waals surface area contributed by atoms with Crippen molar-refractivity contribution < 1.29 is 4.79 Å². The maximum absolute atomic E-state index is 12.3. The second-order valence-electron chi connectivity index (χ2n) is 5.06. The van der Waals surface area contributed by atoms with E-state index < -0.39 is 0 Å². The van der Waals surface area contributed by atoms with Crippen LogP contribution in [-0.2, 0) is 4.79 Å². The largest absolute Gasteiger partial charge is 0.342 e. The number of carbonyl (C=O) groups excluding carboxylic acids is 1. The molecule has 0 aromatic rings. The first kappa shape index (κ1) is 12.5. The molecule has 0 radical (unpaired) electrons. The van der Waals surface area contributed by atoms with Crippen molar-refractivity contribution in [1.82, 2.24) is 4.90 Å². The van der Waals surface area contributed by atoms with E-state index in [-0.39, 0.29) is 5.41 Å². The lowest BCUT2D eigenvalue weighted by Gasteiger charge is -2.39. The Bertz CT molecular complexity index is 211. The lowest BCUT2D eigenvalue weighted by molar-refractivity contribution is -0.146. The zero-order chi connectivity index (χ0) is 11.3. The van der Waals surface area contributed by atoms with E-state index in [2.05, 4.69) is 20.8 Å². The van der Waals surface area contributed by atoms with E-state index in [4.69, 9.17) is 0 Å². The van der Waals surface area contributed by atoms with Crippen LogP contribution < -0.4 is 0 Å². The molecule has 1 rings (SSSR count). The molecule has 1 aliphatic rings. The van der Waals surface area contributed by atoms with Gasteiger partial charge in [-0.05, 0) is 19.3 Å². The Labute approximate surface area is 94.0 Å². The molecule has 1 unspecified atom stereocenters. The molecule has 15 heavy (non-hydrogen) atoms. The summed E-state index contributed by atoms with van der Waals surface area (Å²) in [6, 6.07) is 0. The van der Waals surface area contributed by atoms with Gasteiger partial charge in [0, 0.05) is 18.5 Å². The Hall–Kier alpha value is -0.530. The van der Waals surface area contributed by atoms with E-state index in [1.807, 2.05) is 4.90 Å². The summed E-state index contributed by atoms with van der Waals surface area (Å²) in [6.07, 6.45) is 6.78. The van der Waals surface area contributed by atoms with E-state index in [1.165, 1.54) is 19.3 Å². The van der Waals surface area contributed by atoms with Crippen LogP contribution in [0, 0.1) is 5.41 Å². The first-order valence-electron chi connectivity index (χ1n) is 6.43. The Morgan fingerprint density at radius 3 is 2.27 bits per heavy atom. The predicted octanol–water partition coefficient (Wildman–Crippen LogP) is 3.22. The molecule has 1 saturated heterocycles. The minimum absolute atomic E-state index is 0.0782. The highest BCUT2D eigenvalue weighted by atomic mass is 16.2. The zero-order valence-electron chi connectivity index (χ0n) is 10.5. The highest BCUT2D eigenvalue weighted by Gasteiger charge is 2.36. The molecule has 88 valence electrons. The van der Waals surface area contributed by atoms with Crippen molar-refractivity contribution in [3.63, 3.8) is 0 Å². The van der Waals surface area contributed by atoms with Crippen LogP contribution in [-0.4, -0.2) is 23.9 Å². The highest BCUT2D eigenvalue weighted by molar-refractivity contribution is 5.82. The van der Waals surface area contributed by atoms with Crippen LogP contribution in [0.2, 0.25) is 0 Å². The van der Waals surface area contributed by atoms with Crippen molar-refractivity contribution in [3.05, 3.63) is 0 Å². The van der Waals surface area contributed by atoms with Crippen LogP contribution in [0.5, 0.6) is 0 Å². The first-order valence-corrected chi connectivity index (χ1v) is 6.43. The summed E-state index contributed by atoms with van der Waals surface area (Å²) < 4.78 is 0. The minimum atomic E-state index is -0.0782. The van der Waals surface area contributed by atoms with Gasteiger partial charge in [0.05, 0.1) is 0 Å². The summed E-state index contributed by atoms with van der Waals surface area (Å²) in [5, 5.41) is 0. The number of rotatable bonds is 6. The number of hydrogen-bond acceptors (Lipinski definition) is 1. The van der Waals surface area contributed by atoms with E-state index in [0.29, 0.717) is 5.91 Å². The van der Waals surface area contributed by atoms with Crippen LogP contribution >= 0.6 is 0 Å². The van der Waals surface area contributed by atoms with Crippen LogP contribution in [0.15, 0.2) is 0 Å². The molecule has 0 spiro atoms. The maximum atomic E-state index is 12.3. The lowest BCUT2D eigenvalue weighted by atomic mass is 9.79. The minimum Gasteiger partial charge on any atom is -0.342 e. The summed E-state index contributed by atoms with van der Waals surface area (Å²) in [5.41, 5.74) is -0.0782. The molecule has 1 heterocycles. The number of unbranched alkanes of at least 4 members (excludes halogenated alkanes) is 1. The number of carbonyl (C=O) groups is 1. The van der Waals surface area contributed by atoms with Crippen LogP contribution in [0.25, 0.3) is 0 Å². The van der Waals surface area contributed by atoms with E-state index in [9.17, 15) is 4.79 Å². The fourth-order valence-electron chi connectivity index (χ4n) is 2.36. The quantitative estimate of drug-likeness (QED) is 0.660. The average Bonchev–Trinajstić information content (AvgIpc) is 2.12. The molecule has 0 aliphatic carbocycles. The van der Waals surface area contributed by atoms with Gasteiger partial charge in [0.1, 0.15) is 0 Å². The zero-order valence-corrected chi connectivity index (χ0v) is 10.5. The smallest absolute Gasteiger partial charge is 0.228 e. The summed E-state index contributed by atoms with van der Waals surface area (Å²) in [7, 11) is 0. The van der Waals surface area contributed by atoms with Gasteiger partial charge < -0.3 is 4.90 Å². The van der Waals surface area contributed by atoms with Crippen molar-refractivity contribution in [2.24, 2.45) is 5.41 Å². The SMILES string of the molecule is CCCCC(C)(CCC)C(=O)N1CCC1. The molecule has 1 fully saturated rings. The number of hydrogen-bond donors (Lipinski definition) is 0. The van der Waals surface area contributed by atoms with Crippen LogP contribution in [0.4, 0.5) is 0 Å². The molecule has 0 aromatic carbocycles. The molecule has 1 aliphatic heterocycles. The van der Waals surface area contributed by atoms with Gasteiger partial charge in [-0.15, -0.1) is 0 Å². The van der Waals surface area contributed by atoms with Crippen molar-refractivity contribution in [1.29, 1.82) is 0 Å². The van der Waals surface area contributed by atoms with Gasteiger partial charge in [-0.25, -0.2) is 0 Å². The molecular formula is C13H25NO. The van der Waals surface area contributed by atoms with Gasteiger partial charge in [0.15, 0.2) is 0 Å². The van der Waals surface area contributed by atoms with Gasteiger partial charge >= 0.3 is 0 Å². The lowest BCUT2D eigenvalue weighted by Crippen LogP contribution is -2.49. The summed E-state index contributed by atoms with van der Waals surface area (Å²) in [4.78, 5) is 14.3. The third kappa shape index (κ3) is 2.96. The van der Waals surface area contributed by atoms with Crippen molar-refractivity contribution in [2.75, 3.05) is 13.1 Å². The molecule has 2 heteroatoms. The van der Waals surface area contributed by atoms with E-state index in [0.717, 1.165) is 32.4 Å². The topological polar surface area (TPSA) is 20.3 Å². The third-order valence-electron chi connectivity index (χ3n) is 3.54. The average molecular weight is 211 g/mol. The second kappa shape index (κ2) is 5.53. The Morgan fingerprint density at radius 1 is 1.20 bits per heavy atom. The van der Waals surface area contributed by atoms with Crippen molar-refractivity contribution in [3.8, 4) is 0 Å². The monoisotopic (exact) mass is 211 g/mol. The summed E-state index contributed by atoms with van der Waals surface area (Å²) >= 11 is 0. The van der Waals surface area contributed by atoms with Gasteiger partial charge in [0.2, 0.25) is 5.91 Å². The van der Waals surface area contributed by atoms with Crippen LogP contribution in [0.1, 0.15) is 59.3 Å². The predicted molar refractivity (Wildman–Crippen MR) is 63.7 cm³/mol. The molecule has 0 bridgehead atoms. The standard InChI is InChI=1S/C13H25NO/c1-4-6-9-13(3,8-5-2)12(15)14-10-7-11-14/h4-11H2,1-3H3. The summed E-state index contributed by atoms with van der Waals surface area (Å²) in [6.45, 7) is 8.51. The number of amides is 1. The molecule has 1 amide bonds.